The van der Waals surface area contributed by atoms with Crippen LogP contribution in [0.25, 0.3) is 0 Å². The highest BCUT2D eigenvalue weighted by atomic mass is 16.6. The average molecular weight is 646 g/mol. The number of carboxylic acids is 1. The zero-order chi connectivity index (χ0) is 33.7. The van der Waals surface area contributed by atoms with Crippen molar-refractivity contribution in [3.05, 3.63) is 35.1 Å². The predicted molar refractivity (Wildman–Crippen MR) is 151 cm³/mol. The van der Waals surface area contributed by atoms with Crippen LogP contribution in [0.15, 0.2) is 24.0 Å². The Labute approximate surface area is 263 Å². The van der Waals surface area contributed by atoms with E-state index in [1.54, 1.807) is 6.07 Å². The molecule has 0 radical (unpaired) electrons. The fourth-order valence-electron chi connectivity index (χ4n) is 7.11. The summed E-state index contributed by atoms with van der Waals surface area (Å²) >= 11 is 0. The molecular formula is C31H35NO14. The Morgan fingerprint density at radius 3 is 2.41 bits per heavy atom. The summed E-state index contributed by atoms with van der Waals surface area (Å²) < 4.78 is 26.7. The number of esters is 4. The number of ketones is 1. The minimum absolute atomic E-state index is 0.0542. The third-order valence-corrected chi connectivity index (χ3v) is 9.14. The molecule has 2 aliphatic carbocycles. The maximum atomic E-state index is 13.2. The average Bonchev–Trinajstić information content (AvgIpc) is 3.32. The first-order chi connectivity index (χ1) is 21.6. The second-order valence-electron chi connectivity index (χ2n) is 12.1. The van der Waals surface area contributed by atoms with Gasteiger partial charge >= 0.3 is 29.8 Å². The SMILES string of the molecule is CC(=O)C[C@H](OC(=O)[C@H](C)OC(=O)[C@H](CC(=O)OC1=CC[C@@]2(O)[C@H]3Cc4ccc(O)c5c4[C@@]2(CCN3C)[C@H]1O5)OC(C)=O)C(=O)O. The number of likely N-dealkylation sites (tertiary alicyclic amines) is 1. The standard InChI is InChI=1S/C31H35NO14/c1-14(33)11-20(27(37)38)45-28(39)15(2)42-29(40)21(43-16(3)34)13-23(36)44-19-7-8-31(41)22-12-17-5-6-18(35)25-24(17)30(31,26(19)46-25)9-10-32(22)4/h5-7,15,20-22,26,35,41H,8-13H2,1-4H3,(H,37,38)/t15-,20-,21-,22+,26-,30-,31+/m0/s1. The molecule has 15 nitrogen and oxygen atoms in total. The molecular weight excluding hydrogens is 610 g/mol. The van der Waals surface area contributed by atoms with Gasteiger partial charge < -0.3 is 43.9 Å². The van der Waals surface area contributed by atoms with Crippen LogP contribution in [0.3, 0.4) is 0 Å². The minimum atomic E-state index is -1.85. The Hall–Kier alpha value is -4.50. The van der Waals surface area contributed by atoms with Crippen LogP contribution < -0.4 is 4.74 Å². The predicted octanol–water partition coefficient (Wildman–Crippen LogP) is 0.442. The van der Waals surface area contributed by atoms with E-state index in [2.05, 4.69) is 4.90 Å². The Bertz CT molecular complexity index is 1530. The zero-order valence-electron chi connectivity index (χ0n) is 25.6. The van der Waals surface area contributed by atoms with E-state index in [0.29, 0.717) is 24.9 Å². The van der Waals surface area contributed by atoms with Crippen LogP contribution in [0.4, 0.5) is 0 Å². The largest absolute Gasteiger partial charge is 0.504 e. The Morgan fingerprint density at radius 1 is 1.04 bits per heavy atom. The molecule has 1 spiro atoms. The Kier molecular flexibility index (Phi) is 8.59. The normalized spacial score (nSPS) is 27.5. The molecule has 0 aromatic heterocycles. The number of aliphatic hydroxyl groups is 1. The van der Waals surface area contributed by atoms with Crippen LogP contribution in [-0.2, 0) is 59.6 Å². The third kappa shape index (κ3) is 5.47. The van der Waals surface area contributed by atoms with E-state index in [0.717, 1.165) is 26.3 Å². The first-order valence-corrected chi connectivity index (χ1v) is 14.7. The van der Waals surface area contributed by atoms with E-state index in [-0.39, 0.29) is 29.7 Å². The number of nitrogens with zero attached hydrogens (tertiary/aromatic N) is 1. The number of benzene rings is 1. The molecule has 1 aromatic carbocycles. The fraction of sp³-hybridized carbons (Fsp3) is 0.548. The fourth-order valence-corrected chi connectivity index (χ4v) is 7.11. The lowest BCUT2D eigenvalue weighted by Crippen LogP contribution is -2.74. The molecule has 1 fully saturated rings. The lowest BCUT2D eigenvalue weighted by Gasteiger charge is -2.61. The van der Waals surface area contributed by atoms with Gasteiger partial charge in [-0.2, -0.15) is 0 Å². The third-order valence-electron chi connectivity index (χ3n) is 9.14. The number of carboxylic acid groups (broad SMARTS) is 1. The number of aromatic hydroxyl groups is 1. The molecule has 248 valence electrons. The lowest BCUT2D eigenvalue weighted by molar-refractivity contribution is -0.184. The van der Waals surface area contributed by atoms with Crippen molar-refractivity contribution in [2.24, 2.45) is 0 Å². The number of carbonyl (C=O) groups excluding carboxylic acids is 5. The molecule has 1 saturated heterocycles. The molecule has 2 aliphatic heterocycles. The number of rotatable bonds is 11. The van der Waals surface area contributed by atoms with Crippen LogP contribution in [0.2, 0.25) is 0 Å². The van der Waals surface area contributed by atoms with Crippen LogP contribution in [0, 0.1) is 0 Å². The van der Waals surface area contributed by atoms with E-state index in [9.17, 15) is 44.1 Å². The molecule has 2 bridgehead atoms. The molecule has 4 aliphatic rings. The van der Waals surface area contributed by atoms with Gasteiger partial charge in [-0.05, 0) is 58.0 Å². The Balaban J connectivity index is 1.32. The quantitative estimate of drug-likeness (QED) is 0.220. The number of ether oxygens (including phenoxy) is 5. The minimum Gasteiger partial charge on any atom is -0.504 e. The monoisotopic (exact) mass is 645 g/mol. The number of hydrogen-bond donors (Lipinski definition) is 3. The van der Waals surface area contributed by atoms with Gasteiger partial charge in [-0.25, -0.2) is 14.4 Å². The van der Waals surface area contributed by atoms with Crippen LogP contribution >= 0.6 is 0 Å². The first kappa shape index (κ1) is 32.9. The van der Waals surface area contributed by atoms with Gasteiger partial charge in [0, 0.05) is 24.9 Å². The molecule has 3 N–H and O–H groups in total. The highest BCUT2D eigenvalue weighted by molar-refractivity contribution is 5.88. The summed E-state index contributed by atoms with van der Waals surface area (Å²) in [6, 6.07) is 3.05. The maximum Gasteiger partial charge on any atom is 0.348 e. The van der Waals surface area contributed by atoms with Gasteiger partial charge in [-0.1, -0.05) is 6.07 Å². The van der Waals surface area contributed by atoms with Gasteiger partial charge in [-0.15, -0.1) is 0 Å². The number of piperidine rings is 1. The van der Waals surface area contributed by atoms with Crippen molar-refractivity contribution in [2.45, 2.75) is 94.3 Å². The first-order valence-electron chi connectivity index (χ1n) is 14.7. The summed E-state index contributed by atoms with van der Waals surface area (Å²) in [5.74, 6) is -6.56. The van der Waals surface area contributed by atoms with Gasteiger partial charge in [0.25, 0.3) is 0 Å². The molecule has 0 unspecified atom stereocenters. The van der Waals surface area contributed by atoms with Gasteiger partial charge in [0.1, 0.15) is 11.5 Å². The molecule has 2 heterocycles. The van der Waals surface area contributed by atoms with Gasteiger partial charge in [0.15, 0.2) is 23.7 Å². The number of hydrogen-bond acceptors (Lipinski definition) is 14. The van der Waals surface area contributed by atoms with Gasteiger partial charge in [-0.3, -0.25) is 14.4 Å². The summed E-state index contributed by atoms with van der Waals surface area (Å²) in [6.45, 7) is 3.77. The maximum absolute atomic E-state index is 13.2. The van der Waals surface area contributed by atoms with Crippen molar-refractivity contribution in [3.8, 4) is 11.5 Å². The molecule has 5 rings (SSSR count). The molecule has 46 heavy (non-hydrogen) atoms. The topological polar surface area (TPSA) is 212 Å². The number of likely N-dealkylation sites (N-methyl/N-ethyl adjacent to an activating group) is 1. The molecule has 1 aromatic rings. The van der Waals surface area contributed by atoms with Crippen molar-refractivity contribution >= 4 is 35.6 Å². The lowest BCUT2D eigenvalue weighted by atomic mass is 9.50. The molecule has 0 saturated carbocycles. The van der Waals surface area contributed by atoms with E-state index >= 15 is 0 Å². The van der Waals surface area contributed by atoms with Gasteiger partial charge in [0.2, 0.25) is 12.2 Å². The molecule has 0 amide bonds. The van der Waals surface area contributed by atoms with Crippen molar-refractivity contribution in [2.75, 3.05) is 13.6 Å². The number of phenolic OH excluding ortho intramolecular Hbond substituents is 1. The zero-order valence-corrected chi connectivity index (χ0v) is 25.6. The van der Waals surface area contributed by atoms with Crippen molar-refractivity contribution in [3.63, 3.8) is 0 Å². The number of phenols is 1. The van der Waals surface area contributed by atoms with Crippen LogP contribution in [-0.4, -0.2) is 106 Å². The second-order valence-corrected chi connectivity index (χ2v) is 12.1. The van der Waals surface area contributed by atoms with E-state index in [1.807, 2.05) is 7.05 Å². The summed E-state index contributed by atoms with van der Waals surface area (Å²) in [6.07, 6.45) is -5.17. The van der Waals surface area contributed by atoms with Crippen molar-refractivity contribution < 1.29 is 67.8 Å². The highest BCUT2D eigenvalue weighted by Crippen LogP contribution is 2.65. The number of carbonyl (C=O) groups is 6. The van der Waals surface area contributed by atoms with Crippen molar-refractivity contribution in [1.29, 1.82) is 0 Å². The number of Topliss-reactive ketones (excluding diaryl/α,β-unsaturated/α-hetero) is 1. The molecule has 7 atom stereocenters. The van der Waals surface area contributed by atoms with Crippen LogP contribution in [0.5, 0.6) is 11.5 Å². The van der Waals surface area contributed by atoms with Crippen LogP contribution in [0.1, 0.15) is 57.6 Å². The highest BCUT2D eigenvalue weighted by Gasteiger charge is 2.72. The van der Waals surface area contributed by atoms with E-state index < -0.39 is 83.9 Å². The second kappa shape index (κ2) is 12.0. The van der Waals surface area contributed by atoms with E-state index in [4.69, 9.17) is 23.7 Å². The summed E-state index contributed by atoms with van der Waals surface area (Å²) in [7, 11) is 1.93. The Morgan fingerprint density at radius 2 is 1.76 bits per heavy atom. The smallest absolute Gasteiger partial charge is 0.348 e. The number of aliphatic carboxylic acids is 1. The van der Waals surface area contributed by atoms with E-state index in [1.165, 1.54) is 12.1 Å². The van der Waals surface area contributed by atoms with Gasteiger partial charge in [0.05, 0.1) is 23.9 Å². The molecule has 15 heteroatoms. The summed E-state index contributed by atoms with van der Waals surface area (Å²) in [5, 5.41) is 32.1. The summed E-state index contributed by atoms with van der Waals surface area (Å²) in [4.78, 5) is 75.0. The summed E-state index contributed by atoms with van der Waals surface area (Å²) in [5.41, 5.74) is -0.742. The van der Waals surface area contributed by atoms with Crippen molar-refractivity contribution in [1.82, 2.24) is 4.90 Å².